The van der Waals surface area contributed by atoms with E-state index in [2.05, 4.69) is 11.1 Å². The molecule has 0 fully saturated rings. The lowest BCUT2D eigenvalue weighted by Crippen LogP contribution is -2.70. The summed E-state index contributed by atoms with van der Waals surface area (Å²) in [6.07, 6.45) is -4.42. The zero-order valence-electron chi connectivity index (χ0n) is 7.83. The average molecular weight is 199 g/mol. The standard InChI is InChI=1S/C7H13F3N2O/c1-6(2,7(8,9)10)4(12-3)5(11)13/h4,12H,1-3H3,(H2,11,13)/p+1. The largest absolute Gasteiger partial charge is 0.396 e. The molecule has 1 amide bonds. The number of amides is 1. The van der Waals surface area contributed by atoms with E-state index in [-0.39, 0.29) is 0 Å². The summed E-state index contributed by atoms with van der Waals surface area (Å²) in [5.41, 5.74) is 0.891. The van der Waals surface area contributed by atoms with Crippen LogP contribution in [0.25, 0.3) is 0 Å². The van der Waals surface area contributed by atoms with Gasteiger partial charge in [0.1, 0.15) is 6.04 Å². The molecule has 0 spiro atoms. The fourth-order valence-electron chi connectivity index (χ4n) is 1.09. The molecule has 4 N–H and O–H groups in total. The van der Waals surface area contributed by atoms with Gasteiger partial charge in [-0.1, -0.05) is 0 Å². The Bertz CT molecular complexity index is 200. The van der Waals surface area contributed by atoms with Crippen LogP contribution in [0.15, 0.2) is 0 Å². The molecule has 0 aromatic rings. The summed E-state index contributed by atoms with van der Waals surface area (Å²) in [4.78, 5) is 10.8. The van der Waals surface area contributed by atoms with Crippen molar-refractivity contribution >= 4 is 5.91 Å². The smallest absolute Gasteiger partial charge is 0.305 e. The van der Waals surface area contributed by atoms with Crippen LogP contribution in [0, 0.1) is 5.41 Å². The molecule has 0 bridgehead atoms. The summed E-state index contributed by atoms with van der Waals surface area (Å²) >= 11 is 0. The second kappa shape index (κ2) is 3.63. The van der Waals surface area contributed by atoms with Crippen LogP contribution >= 0.6 is 0 Å². The molecule has 6 heteroatoms. The minimum atomic E-state index is -4.42. The molecule has 0 aromatic carbocycles. The highest BCUT2D eigenvalue weighted by Crippen LogP contribution is 2.39. The summed E-state index contributed by atoms with van der Waals surface area (Å²) in [5.74, 6) is -0.759. The van der Waals surface area contributed by atoms with E-state index in [1.807, 2.05) is 0 Å². The maximum Gasteiger partial charge on any atom is 0.396 e. The second-order valence-electron chi connectivity index (χ2n) is 3.41. The first-order valence-electron chi connectivity index (χ1n) is 3.74. The summed E-state index contributed by atoms with van der Waals surface area (Å²) < 4.78 is 37.2. The summed E-state index contributed by atoms with van der Waals surface area (Å²) in [6, 6.07) is -1.30. The van der Waals surface area contributed by atoms with Gasteiger partial charge < -0.3 is 5.32 Å². The molecule has 0 radical (unpaired) electrons. The van der Waals surface area contributed by atoms with Gasteiger partial charge in [-0.15, -0.1) is 0 Å². The minimum absolute atomic E-state index is 0.759. The van der Waals surface area contributed by atoms with Gasteiger partial charge >= 0.3 is 12.1 Å². The van der Waals surface area contributed by atoms with Gasteiger partial charge in [0, 0.05) is 0 Å². The van der Waals surface area contributed by atoms with E-state index in [0.717, 1.165) is 13.8 Å². The molecule has 0 aliphatic carbocycles. The number of quaternary nitrogens is 1. The molecule has 13 heavy (non-hydrogen) atoms. The van der Waals surface area contributed by atoms with Gasteiger partial charge in [-0.05, 0) is 20.9 Å². The zero-order chi connectivity index (χ0) is 10.9. The van der Waals surface area contributed by atoms with Crippen molar-refractivity contribution in [3.8, 4) is 0 Å². The van der Waals surface area contributed by atoms with Crippen molar-refractivity contribution in [3.05, 3.63) is 0 Å². The molecule has 1 atom stereocenters. The minimum Gasteiger partial charge on any atom is -0.305 e. The van der Waals surface area contributed by atoms with E-state index in [1.54, 1.807) is 0 Å². The number of halogens is 3. The van der Waals surface area contributed by atoms with Crippen LogP contribution in [0.4, 0.5) is 13.2 Å². The lowest BCUT2D eigenvalue weighted by Gasteiger charge is -2.32. The van der Waals surface area contributed by atoms with Crippen molar-refractivity contribution in [1.29, 1.82) is 0 Å². The quantitative estimate of drug-likeness (QED) is 0.668. The zero-order valence-corrected chi connectivity index (χ0v) is 7.83. The fourth-order valence-corrected chi connectivity index (χ4v) is 1.09. The first kappa shape index (κ1) is 12.4. The monoisotopic (exact) mass is 199 g/mol. The molecule has 0 aromatic heterocycles. The van der Waals surface area contributed by atoms with Crippen molar-refractivity contribution in [2.45, 2.75) is 26.1 Å². The molecule has 0 aliphatic heterocycles. The van der Waals surface area contributed by atoms with Crippen LogP contribution in [0.1, 0.15) is 13.8 Å². The molecular formula is C7H14F3N2O+. The van der Waals surface area contributed by atoms with Gasteiger partial charge in [0.2, 0.25) is 0 Å². The van der Waals surface area contributed by atoms with Gasteiger partial charge in [-0.2, -0.15) is 13.2 Å². The number of likely N-dealkylation sites (N-methyl/N-ethyl adjacent to an activating group) is 1. The van der Waals surface area contributed by atoms with E-state index < -0.39 is 23.5 Å². The number of carbonyl (C=O) groups excluding carboxylic acids is 1. The normalized spacial score (nSPS) is 15.6. The van der Waals surface area contributed by atoms with Gasteiger partial charge in [-0.3, -0.25) is 5.73 Å². The van der Waals surface area contributed by atoms with Gasteiger partial charge in [0.15, 0.2) is 0 Å². The van der Waals surface area contributed by atoms with Crippen LogP contribution in [-0.4, -0.2) is 25.2 Å². The Hall–Kier alpha value is -0.620. The Balaban J connectivity index is 4.89. The molecule has 78 valence electrons. The maximum absolute atomic E-state index is 12.4. The lowest BCUT2D eigenvalue weighted by atomic mass is 9.83. The number of carbonyl (C=O) groups is 1. The summed E-state index contributed by atoms with van der Waals surface area (Å²) in [7, 11) is 1.31. The Kier molecular flexibility index (Phi) is 3.46. The Morgan fingerprint density at radius 1 is 1.38 bits per heavy atom. The van der Waals surface area contributed by atoms with Crippen LogP contribution in [-0.2, 0) is 4.79 Å². The van der Waals surface area contributed by atoms with E-state index in [0.29, 0.717) is 0 Å². The van der Waals surface area contributed by atoms with Crippen LogP contribution in [0.2, 0.25) is 0 Å². The Labute approximate surface area is 74.5 Å². The first-order valence-corrected chi connectivity index (χ1v) is 3.74. The molecule has 0 aliphatic rings. The fraction of sp³-hybridized carbons (Fsp3) is 0.857. The van der Waals surface area contributed by atoms with Crippen LogP contribution in [0.3, 0.4) is 0 Å². The predicted molar refractivity (Wildman–Crippen MR) is 40.6 cm³/mol. The Morgan fingerprint density at radius 2 is 1.77 bits per heavy atom. The third-order valence-corrected chi connectivity index (χ3v) is 2.06. The molecule has 1 unspecified atom stereocenters. The first-order chi connectivity index (χ1) is 5.64. The van der Waals surface area contributed by atoms with E-state index in [9.17, 15) is 18.0 Å². The third kappa shape index (κ3) is 2.41. The predicted octanol–water partition coefficient (Wildman–Crippen LogP) is -0.0686. The van der Waals surface area contributed by atoms with Crippen molar-refractivity contribution < 1.29 is 23.7 Å². The van der Waals surface area contributed by atoms with Gasteiger partial charge in [0.05, 0.1) is 5.41 Å². The van der Waals surface area contributed by atoms with E-state index in [4.69, 9.17) is 0 Å². The molecular weight excluding hydrogens is 185 g/mol. The lowest BCUT2D eigenvalue weighted by molar-refractivity contribution is -0.319. The van der Waals surface area contributed by atoms with Crippen molar-refractivity contribution in [3.63, 3.8) is 0 Å². The topological polar surface area (TPSA) is 56.7 Å². The van der Waals surface area contributed by atoms with Crippen LogP contribution < -0.4 is 11.1 Å². The van der Waals surface area contributed by atoms with Crippen molar-refractivity contribution in [2.75, 3.05) is 7.05 Å². The Morgan fingerprint density at radius 3 is 1.85 bits per heavy atom. The number of rotatable bonds is 3. The highest BCUT2D eigenvalue weighted by molar-refractivity contribution is 5.72. The van der Waals surface area contributed by atoms with E-state index >= 15 is 0 Å². The van der Waals surface area contributed by atoms with Crippen molar-refractivity contribution in [2.24, 2.45) is 5.41 Å². The average Bonchev–Trinajstić information content (AvgIpc) is 1.83. The highest BCUT2D eigenvalue weighted by atomic mass is 19.4. The summed E-state index contributed by atoms with van der Waals surface area (Å²) in [6.45, 7) is 1.94. The SMILES string of the molecule is CNC(C([NH3+])=O)C(C)(C)C(F)(F)F. The molecule has 3 nitrogen and oxygen atoms in total. The summed E-state index contributed by atoms with van der Waals surface area (Å²) in [5, 5.41) is 2.32. The number of alkyl halides is 3. The second-order valence-corrected chi connectivity index (χ2v) is 3.41. The van der Waals surface area contributed by atoms with E-state index in [1.165, 1.54) is 7.05 Å². The molecule has 0 saturated heterocycles. The number of hydrogen-bond acceptors (Lipinski definition) is 2. The van der Waals surface area contributed by atoms with Crippen molar-refractivity contribution in [1.82, 2.24) is 5.32 Å². The third-order valence-electron chi connectivity index (χ3n) is 2.06. The maximum atomic E-state index is 12.4. The van der Waals surface area contributed by atoms with Crippen LogP contribution in [0.5, 0.6) is 0 Å². The molecule has 0 rings (SSSR count). The highest BCUT2D eigenvalue weighted by Gasteiger charge is 2.55. The number of hydrogen-bond donors (Lipinski definition) is 2. The molecule has 0 heterocycles. The van der Waals surface area contributed by atoms with Gasteiger partial charge in [-0.25, -0.2) is 4.79 Å². The molecule has 0 saturated carbocycles. The van der Waals surface area contributed by atoms with Gasteiger partial charge in [0.25, 0.3) is 0 Å². The number of nitrogens with one attached hydrogen (secondary N) is 1.